The van der Waals surface area contributed by atoms with Crippen molar-refractivity contribution in [1.82, 2.24) is 9.55 Å². The van der Waals surface area contributed by atoms with E-state index in [1.807, 2.05) is 12.5 Å². The molecule has 0 aromatic carbocycles. The highest BCUT2D eigenvalue weighted by atomic mass is 16.5. The van der Waals surface area contributed by atoms with Crippen LogP contribution in [0.5, 0.6) is 0 Å². The minimum absolute atomic E-state index is 0.248. The molecular formula is C12H18N2O2. The van der Waals surface area contributed by atoms with E-state index in [1.165, 1.54) is 0 Å². The van der Waals surface area contributed by atoms with Gasteiger partial charge in [0, 0.05) is 19.4 Å². The Morgan fingerprint density at radius 1 is 1.50 bits per heavy atom. The molecule has 1 aromatic heterocycles. The van der Waals surface area contributed by atoms with Gasteiger partial charge in [-0.05, 0) is 19.8 Å². The Morgan fingerprint density at radius 2 is 2.25 bits per heavy atom. The number of aromatic nitrogens is 2. The minimum Gasteiger partial charge on any atom is -0.372 e. The SMILES string of the molecule is CCn1cncc1COC1CCC(=O)CC1. The maximum absolute atomic E-state index is 11.1. The maximum Gasteiger partial charge on any atom is 0.133 e. The number of carbonyl (C=O) groups excluding carboxylic acids is 1. The van der Waals surface area contributed by atoms with Crippen molar-refractivity contribution in [1.29, 1.82) is 0 Å². The lowest BCUT2D eigenvalue weighted by atomic mass is 9.96. The van der Waals surface area contributed by atoms with Gasteiger partial charge in [0.05, 0.1) is 30.9 Å². The van der Waals surface area contributed by atoms with Crippen LogP contribution in [0.1, 0.15) is 38.3 Å². The summed E-state index contributed by atoms with van der Waals surface area (Å²) >= 11 is 0. The molecule has 1 saturated carbocycles. The molecule has 4 nitrogen and oxygen atoms in total. The first kappa shape index (κ1) is 11.3. The van der Waals surface area contributed by atoms with Gasteiger partial charge in [-0.1, -0.05) is 0 Å². The van der Waals surface area contributed by atoms with E-state index in [9.17, 15) is 4.79 Å². The summed E-state index contributed by atoms with van der Waals surface area (Å²) in [5, 5.41) is 0. The summed E-state index contributed by atoms with van der Waals surface area (Å²) in [6.07, 6.45) is 7.02. The fourth-order valence-electron chi connectivity index (χ4n) is 2.04. The number of hydrogen-bond acceptors (Lipinski definition) is 3. The lowest BCUT2D eigenvalue weighted by Gasteiger charge is -2.21. The van der Waals surface area contributed by atoms with Gasteiger partial charge < -0.3 is 9.30 Å². The zero-order valence-electron chi connectivity index (χ0n) is 9.69. The lowest BCUT2D eigenvalue weighted by Crippen LogP contribution is -2.21. The Bertz CT molecular complexity index is 350. The van der Waals surface area contributed by atoms with Crippen LogP contribution in [-0.2, 0) is 22.7 Å². The lowest BCUT2D eigenvalue weighted by molar-refractivity contribution is -0.123. The number of ether oxygens (including phenoxy) is 1. The summed E-state index contributed by atoms with van der Waals surface area (Å²) in [6, 6.07) is 0. The summed E-state index contributed by atoms with van der Waals surface area (Å²) in [5.41, 5.74) is 1.11. The molecule has 1 aromatic rings. The number of ketones is 1. The summed E-state index contributed by atoms with van der Waals surface area (Å²) in [6.45, 7) is 3.61. The van der Waals surface area contributed by atoms with E-state index in [0.29, 0.717) is 25.2 Å². The van der Waals surface area contributed by atoms with Crippen molar-refractivity contribution < 1.29 is 9.53 Å². The third-order valence-electron chi connectivity index (χ3n) is 3.10. The molecule has 0 bridgehead atoms. The summed E-state index contributed by atoms with van der Waals surface area (Å²) in [4.78, 5) is 15.2. The van der Waals surface area contributed by atoms with Crippen molar-refractivity contribution >= 4 is 5.78 Å². The number of rotatable bonds is 4. The zero-order valence-corrected chi connectivity index (χ0v) is 9.69. The molecule has 88 valence electrons. The third kappa shape index (κ3) is 2.70. The molecule has 0 atom stereocenters. The molecule has 0 spiro atoms. The van der Waals surface area contributed by atoms with E-state index in [2.05, 4.69) is 16.5 Å². The maximum atomic E-state index is 11.1. The molecule has 0 N–H and O–H groups in total. The van der Waals surface area contributed by atoms with Crippen molar-refractivity contribution in [2.24, 2.45) is 0 Å². The van der Waals surface area contributed by atoms with Gasteiger partial charge >= 0.3 is 0 Å². The third-order valence-corrected chi connectivity index (χ3v) is 3.10. The molecule has 16 heavy (non-hydrogen) atoms. The number of imidazole rings is 1. The molecule has 1 fully saturated rings. The van der Waals surface area contributed by atoms with Crippen LogP contribution < -0.4 is 0 Å². The predicted octanol–water partition coefficient (Wildman–Crippen LogP) is 1.93. The first-order valence-corrected chi connectivity index (χ1v) is 5.92. The Labute approximate surface area is 95.6 Å². The highest BCUT2D eigenvalue weighted by Gasteiger charge is 2.19. The van der Waals surface area contributed by atoms with Crippen LogP contribution >= 0.6 is 0 Å². The zero-order chi connectivity index (χ0) is 11.4. The van der Waals surface area contributed by atoms with Gasteiger partial charge in [0.15, 0.2) is 0 Å². The Kier molecular flexibility index (Phi) is 3.72. The Morgan fingerprint density at radius 3 is 2.94 bits per heavy atom. The minimum atomic E-state index is 0.248. The van der Waals surface area contributed by atoms with E-state index < -0.39 is 0 Å². The molecule has 0 unspecified atom stereocenters. The average molecular weight is 222 g/mol. The van der Waals surface area contributed by atoms with E-state index in [0.717, 1.165) is 25.1 Å². The first-order valence-electron chi connectivity index (χ1n) is 5.92. The van der Waals surface area contributed by atoms with Crippen molar-refractivity contribution in [2.75, 3.05) is 0 Å². The van der Waals surface area contributed by atoms with Gasteiger partial charge in [-0.2, -0.15) is 0 Å². The molecule has 4 heteroatoms. The van der Waals surface area contributed by atoms with Gasteiger partial charge in [0.25, 0.3) is 0 Å². The van der Waals surface area contributed by atoms with Crippen molar-refractivity contribution in [3.8, 4) is 0 Å². The molecule has 1 aliphatic carbocycles. The predicted molar refractivity (Wildman–Crippen MR) is 60.0 cm³/mol. The van der Waals surface area contributed by atoms with E-state index >= 15 is 0 Å². The highest BCUT2D eigenvalue weighted by Crippen LogP contribution is 2.19. The largest absolute Gasteiger partial charge is 0.372 e. The van der Waals surface area contributed by atoms with Crippen LogP contribution in [0.15, 0.2) is 12.5 Å². The van der Waals surface area contributed by atoms with Crippen LogP contribution in [-0.4, -0.2) is 21.4 Å². The number of hydrogen-bond donors (Lipinski definition) is 0. The van der Waals surface area contributed by atoms with Gasteiger partial charge in [0.1, 0.15) is 5.78 Å². The standard InChI is InChI=1S/C12H18N2O2/c1-2-14-9-13-7-10(14)8-16-12-5-3-11(15)4-6-12/h7,9,12H,2-6,8H2,1H3. The topological polar surface area (TPSA) is 44.1 Å². The second kappa shape index (κ2) is 5.25. The summed E-state index contributed by atoms with van der Waals surface area (Å²) in [7, 11) is 0. The molecule has 1 aliphatic rings. The molecule has 0 aliphatic heterocycles. The van der Waals surface area contributed by atoms with Crippen LogP contribution in [0.4, 0.5) is 0 Å². The van der Waals surface area contributed by atoms with Crippen molar-refractivity contribution in [3.63, 3.8) is 0 Å². The molecule has 0 radical (unpaired) electrons. The Hall–Kier alpha value is -1.16. The van der Waals surface area contributed by atoms with E-state index in [4.69, 9.17) is 4.74 Å². The van der Waals surface area contributed by atoms with E-state index in [1.54, 1.807) is 0 Å². The van der Waals surface area contributed by atoms with Crippen LogP contribution in [0, 0.1) is 0 Å². The smallest absolute Gasteiger partial charge is 0.133 e. The monoisotopic (exact) mass is 222 g/mol. The average Bonchev–Trinajstić information content (AvgIpc) is 2.76. The van der Waals surface area contributed by atoms with Crippen molar-refractivity contribution in [3.05, 3.63) is 18.2 Å². The first-order chi connectivity index (χ1) is 7.79. The fraction of sp³-hybridized carbons (Fsp3) is 0.667. The molecular weight excluding hydrogens is 204 g/mol. The molecule has 2 rings (SSSR count). The molecule has 0 amide bonds. The molecule has 1 heterocycles. The summed E-state index contributed by atoms with van der Waals surface area (Å²) < 4.78 is 7.88. The molecule has 0 saturated heterocycles. The van der Waals surface area contributed by atoms with Gasteiger partial charge in [-0.25, -0.2) is 4.98 Å². The van der Waals surface area contributed by atoms with Crippen LogP contribution in [0.3, 0.4) is 0 Å². The number of aryl methyl sites for hydroxylation is 1. The Balaban J connectivity index is 1.81. The van der Waals surface area contributed by atoms with Gasteiger partial charge in [-0.15, -0.1) is 0 Å². The highest BCUT2D eigenvalue weighted by molar-refractivity contribution is 5.79. The van der Waals surface area contributed by atoms with Gasteiger partial charge in [-0.3, -0.25) is 4.79 Å². The number of carbonyl (C=O) groups is 1. The van der Waals surface area contributed by atoms with Crippen LogP contribution in [0.2, 0.25) is 0 Å². The quantitative estimate of drug-likeness (QED) is 0.782. The van der Waals surface area contributed by atoms with Crippen LogP contribution in [0.25, 0.3) is 0 Å². The second-order valence-corrected chi connectivity index (χ2v) is 4.22. The number of Topliss-reactive ketones (excluding diaryl/α,β-unsaturated/α-hetero) is 1. The normalized spacial score (nSPS) is 17.9. The summed E-state index contributed by atoms with van der Waals surface area (Å²) in [5.74, 6) is 0.374. The van der Waals surface area contributed by atoms with Crippen molar-refractivity contribution in [2.45, 2.75) is 51.9 Å². The second-order valence-electron chi connectivity index (χ2n) is 4.22. The fourth-order valence-corrected chi connectivity index (χ4v) is 2.04. The number of nitrogens with zero attached hydrogens (tertiary/aromatic N) is 2. The van der Waals surface area contributed by atoms with E-state index in [-0.39, 0.29) is 6.10 Å². The van der Waals surface area contributed by atoms with Gasteiger partial charge in [0.2, 0.25) is 0 Å².